The number of nitrogens with one attached hydrogen (secondary N) is 2. The molecule has 0 unspecified atom stereocenters. The van der Waals surface area contributed by atoms with Crippen LogP contribution in [0, 0.1) is 0 Å². The van der Waals surface area contributed by atoms with Crippen LogP contribution in [0.25, 0.3) is 0 Å². The molecule has 1 amide bonds. The Morgan fingerprint density at radius 2 is 1.68 bits per heavy atom. The smallest absolute Gasteiger partial charge is 0.262 e. The zero-order chi connectivity index (χ0) is 22.4. The van der Waals surface area contributed by atoms with Crippen LogP contribution in [0.3, 0.4) is 0 Å². The normalized spacial score (nSPS) is 10.9. The highest BCUT2D eigenvalue weighted by Crippen LogP contribution is 2.29. The van der Waals surface area contributed by atoms with Gasteiger partial charge in [-0.15, -0.1) is 0 Å². The number of benzene rings is 3. The average Bonchev–Trinajstić information content (AvgIpc) is 2.75. The number of sulfonamides is 1. The van der Waals surface area contributed by atoms with Crippen LogP contribution < -0.4 is 19.5 Å². The molecule has 0 aliphatic heterocycles. The van der Waals surface area contributed by atoms with Crippen molar-refractivity contribution in [1.29, 1.82) is 0 Å². The topological polar surface area (TPSA) is 93.7 Å². The fraction of sp³-hybridized carbons (Fsp3) is 0.0952. The van der Waals surface area contributed by atoms with Crippen LogP contribution in [0.4, 0.5) is 11.4 Å². The molecule has 7 nitrogen and oxygen atoms in total. The molecule has 0 radical (unpaired) electrons. The van der Waals surface area contributed by atoms with E-state index >= 15 is 0 Å². The van der Waals surface area contributed by atoms with Gasteiger partial charge in [0.2, 0.25) is 0 Å². The Balaban J connectivity index is 1.64. The summed E-state index contributed by atoms with van der Waals surface area (Å²) in [5, 5.41) is 3.06. The number of ether oxygens (including phenoxy) is 2. The van der Waals surface area contributed by atoms with E-state index in [0.717, 1.165) is 0 Å². The molecular formula is C21H18Cl2N2O5S. The lowest BCUT2D eigenvalue weighted by molar-refractivity contribution is -0.118. The summed E-state index contributed by atoms with van der Waals surface area (Å²) < 4.78 is 38.1. The van der Waals surface area contributed by atoms with Gasteiger partial charge in [-0.05, 0) is 54.6 Å². The summed E-state index contributed by atoms with van der Waals surface area (Å²) in [6, 6.07) is 17.2. The third-order valence-corrected chi connectivity index (χ3v) is 6.07. The number of rotatable bonds is 8. The molecule has 0 saturated carbocycles. The van der Waals surface area contributed by atoms with Gasteiger partial charge in [0.1, 0.15) is 11.5 Å². The third-order valence-electron chi connectivity index (χ3n) is 4.06. The van der Waals surface area contributed by atoms with Gasteiger partial charge < -0.3 is 14.8 Å². The summed E-state index contributed by atoms with van der Waals surface area (Å²) in [6.45, 7) is -0.332. The van der Waals surface area contributed by atoms with Gasteiger partial charge in [-0.2, -0.15) is 0 Å². The number of methoxy groups -OCH3 is 1. The van der Waals surface area contributed by atoms with E-state index in [1.807, 2.05) is 0 Å². The van der Waals surface area contributed by atoms with E-state index in [1.165, 1.54) is 25.3 Å². The molecule has 31 heavy (non-hydrogen) atoms. The van der Waals surface area contributed by atoms with Crippen LogP contribution in [0.1, 0.15) is 0 Å². The number of carbonyl (C=O) groups is 1. The Hall–Kier alpha value is -2.94. The first-order valence-corrected chi connectivity index (χ1v) is 11.2. The standard InChI is InChI=1S/C21H18Cl2N2O5S/c1-29-15-8-6-14(7-9-15)25-31(27,28)16-10-11-20(18(23)12-16)30-13-21(26)24-19-5-3-2-4-17(19)22/h2-12,25H,13H2,1H3,(H,24,26). The van der Waals surface area contributed by atoms with Crippen molar-refractivity contribution in [3.8, 4) is 11.5 Å². The first kappa shape index (κ1) is 22.7. The fourth-order valence-electron chi connectivity index (χ4n) is 2.53. The van der Waals surface area contributed by atoms with Crippen molar-refractivity contribution in [1.82, 2.24) is 0 Å². The zero-order valence-corrected chi connectivity index (χ0v) is 18.6. The van der Waals surface area contributed by atoms with E-state index in [-0.39, 0.29) is 22.3 Å². The predicted molar refractivity (Wildman–Crippen MR) is 121 cm³/mol. The van der Waals surface area contributed by atoms with Gasteiger partial charge in [0.15, 0.2) is 6.61 Å². The minimum Gasteiger partial charge on any atom is -0.497 e. The lowest BCUT2D eigenvalue weighted by atomic mass is 10.3. The molecule has 0 aromatic heterocycles. The molecule has 0 saturated heterocycles. The highest BCUT2D eigenvalue weighted by Gasteiger charge is 2.17. The largest absolute Gasteiger partial charge is 0.497 e. The first-order chi connectivity index (χ1) is 14.8. The average molecular weight is 481 g/mol. The van der Waals surface area contributed by atoms with Gasteiger partial charge in [-0.25, -0.2) is 8.42 Å². The number of anilines is 2. The molecule has 3 aromatic rings. The number of carbonyl (C=O) groups excluding carboxylic acids is 1. The summed E-state index contributed by atoms with van der Waals surface area (Å²) in [7, 11) is -2.35. The second-order valence-electron chi connectivity index (χ2n) is 6.24. The molecule has 10 heteroatoms. The zero-order valence-electron chi connectivity index (χ0n) is 16.3. The number of amides is 1. The maximum absolute atomic E-state index is 12.6. The van der Waals surface area contributed by atoms with Gasteiger partial charge in [0.05, 0.1) is 27.7 Å². The minimum atomic E-state index is -3.87. The van der Waals surface area contributed by atoms with E-state index in [1.54, 1.807) is 48.5 Å². The first-order valence-electron chi connectivity index (χ1n) is 8.92. The SMILES string of the molecule is COc1ccc(NS(=O)(=O)c2ccc(OCC(=O)Nc3ccccc3Cl)c(Cl)c2)cc1. The molecule has 0 aliphatic carbocycles. The molecule has 0 bridgehead atoms. The van der Waals surface area contributed by atoms with Crippen LogP contribution in [-0.4, -0.2) is 28.0 Å². The van der Waals surface area contributed by atoms with Crippen molar-refractivity contribution >= 4 is 50.5 Å². The lowest BCUT2D eigenvalue weighted by Gasteiger charge is -2.12. The Bertz CT molecular complexity index is 1180. The number of hydrogen-bond donors (Lipinski definition) is 2. The van der Waals surface area contributed by atoms with Gasteiger partial charge in [-0.3, -0.25) is 9.52 Å². The molecule has 162 valence electrons. The second kappa shape index (κ2) is 9.91. The number of halogens is 2. The van der Waals surface area contributed by atoms with Gasteiger partial charge in [-0.1, -0.05) is 35.3 Å². The Morgan fingerprint density at radius 1 is 0.968 bits per heavy atom. The maximum Gasteiger partial charge on any atom is 0.262 e. The Kier molecular flexibility index (Phi) is 7.27. The molecule has 0 spiro atoms. The lowest BCUT2D eigenvalue weighted by Crippen LogP contribution is -2.20. The summed E-state index contributed by atoms with van der Waals surface area (Å²) in [5.41, 5.74) is 0.823. The predicted octanol–water partition coefficient (Wildman–Crippen LogP) is 4.82. The Morgan fingerprint density at radius 3 is 2.32 bits per heavy atom. The third kappa shape index (κ3) is 6.04. The van der Waals surface area contributed by atoms with Crippen LogP contribution in [-0.2, 0) is 14.8 Å². The van der Waals surface area contributed by atoms with Crippen LogP contribution in [0.2, 0.25) is 10.0 Å². The van der Waals surface area contributed by atoms with Crippen molar-refractivity contribution < 1.29 is 22.7 Å². The Labute approximate surface area is 189 Å². The summed E-state index contributed by atoms with van der Waals surface area (Å²) in [5.74, 6) is 0.326. The summed E-state index contributed by atoms with van der Waals surface area (Å²) >= 11 is 12.2. The van der Waals surface area contributed by atoms with Crippen LogP contribution in [0.15, 0.2) is 71.6 Å². The van der Waals surface area contributed by atoms with E-state index in [9.17, 15) is 13.2 Å². The highest BCUT2D eigenvalue weighted by molar-refractivity contribution is 7.92. The molecular weight excluding hydrogens is 463 g/mol. The minimum absolute atomic E-state index is 0.0446. The monoisotopic (exact) mass is 480 g/mol. The molecule has 2 N–H and O–H groups in total. The van der Waals surface area contributed by atoms with E-state index in [2.05, 4.69) is 10.0 Å². The highest BCUT2D eigenvalue weighted by atomic mass is 35.5. The number of para-hydroxylation sites is 1. The molecule has 0 heterocycles. The number of hydrogen-bond acceptors (Lipinski definition) is 5. The maximum atomic E-state index is 12.6. The summed E-state index contributed by atoms with van der Waals surface area (Å²) in [4.78, 5) is 12.0. The summed E-state index contributed by atoms with van der Waals surface area (Å²) in [6.07, 6.45) is 0. The van der Waals surface area contributed by atoms with E-state index in [4.69, 9.17) is 32.7 Å². The van der Waals surface area contributed by atoms with Gasteiger partial charge >= 0.3 is 0 Å². The molecule has 0 aliphatic rings. The van der Waals surface area contributed by atoms with Crippen molar-refractivity contribution in [2.45, 2.75) is 4.90 Å². The van der Waals surface area contributed by atoms with Crippen LogP contribution >= 0.6 is 23.2 Å². The quantitative estimate of drug-likeness (QED) is 0.481. The van der Waals surface area contributed by atoms with Gasteiger partial charge in [0.25, 0.3) is 15.9 Å². The molecule has 3 aromatic carbocycles. The van der Waals surface area contributed by atoms with E-state index in [0.29, 0.717) is 22.1 Å². The molecule has 0 fully saturated rings. The van der Waals surface area contributed by atoms with Gasteiger partial charge in [0, 0.05) is 5.69 Å². The molecule has 3 rings (SSSR count). The van der Waals surface area contributed by atoms with Crippen molar-refractivity contribution in [2.75, 3.05) is 23.8 Å². The van der Waals surface area contributed by atoms with Crippen molar-refractivity contribution in [3.05, 3.63) is 76.8 Å². The second-order valence-corrected chi connectivity index (χ2v) is 8.74. The molecule has 0 atom stereocenters. The van der Waals surface area contributed by atoms with Crippen LogP contribution in [0.5, 0.6) is 11.5 Å². The fourth-order valence-corrected chi connectivity index (χ4v) is 4.10. The van der Waals surface area contributed by atoms with Crippen molar-refractivity contribution in [2.24, 2.45) is 0 Å². The van der Waals surface area contributed by atoms with Crippen molar-refractivity contribution in [3.63, 3.8) is 0 Å². The van der Waals surface area contributed by atoms with E-state index < -0.39 is 15.9 Å².